The van der Waals surface area contributed by atoms with E-state index in [0.29, 0.717) is 6.10 Å². The molecule has 0 aromatic rings. The molecule has 88 valence electrons. The molecule has 1 unspecified atom stereocenters. The van der Waals surface area contributed by atoms with Gasteiger partial charge in [0.25, 0.3) is 0 Å². The molecule has 0 bridgehead atoms. The molecule has 0 aliphatic rings. The van der Waals surface area contributed by atoms with Crippen LogP contribution in [0.1, 0.15) is 47.0 Å². The normalized spacial score (nSPS) is 14.7. The largest absolute Gasteiger partial charge is 0.414 e. The fraction of sp³-hybridized carbons (Fsp3) is 0.846. The van der Waals surface area contributed by atoms with Crippen LogP contribution in [0, 0.1) is 12.3 Å². The molecular formula is C13H26OSi. The standard InChI is InChI=1S/C13H26OSi/c1-8-10-11-12(9-2)14-15(6,7)13(3,4)5/h1,12H,9-11H2,2-7H3. The van der Waals surface area contributed by atoms with Gasteiger partial charge in [0.2, 0.25) is 0 Å². The Hall–Kier alpha value is -0.263. The minimum Gasteiger partial charge on any atom is -0.414 e. The van der Waals surface area contributed by atoms with Crippen LogP contribution in [0.25, 0.3) is 0 Å². The Balaban J connectivity index is 4.35. The topological polar surface area (TPSA) is 9.23 Å². The third kappa shape index (κ3) is 4.86. The van der Waals surface area contributed by atoms with Crippen LogP contribution in [0.15, 0.2) is 0 Å². The average molecular weight is 226 g/mol. The lowest BCUT2D eigenvalue weighted by Crippen LogP contribution is -2.43. The summed E-state index contributed by atoms with van der Waals surface area (Å²) in [5, 5.41) is 0.288. The Morgan fingerprint density at radius 3 is 2.20 bits per heavy atom. The van der Waals surface area contributed by atoms with Gasteiger partial charge in [0.15, 0.2) is 8.32 Å². The number of terminal acetylenes is 1. The molecule has 0 aromatic carbocycles. The number of hydrogen-bond acceptors (Lipinski definition) is 1. The summed E-state index contributed by atoms with van der Waals surface area (Å²) in [6, 6.07) is 0. The molecule has 1 nitrogen and oxygen atoms in total. The first-order chi connectivity index (χ1) is 6.74. The average Bonchev–Trinajstić information content (AvgIpc) is 2.10. The van der Waals surface area contributed by atoms with E-state index in [2.05, 4.69) is 46.7 Å². The molecule has 0 heterocycles. The fourth-order valence-electron chi connectivity index (χ4n) is 1.18. The van der Waals surface area contributed by atoms with Crippen LogP contribution in [0.5, 0.6) is 0 Å². The summed E-state index contributed by atoms with van der Waals surface area (Å²) >= 11 is 0. The van der Waals surface area contributed by atoms with Crippen molar-refractivity contribution >= 4 is 8.32 Å². The molecule has 1 atom stereocenters. The van der Waals surface area contributed by atoms with Crippen LogP contribution in [0.3, 0.4) is 0 Å². The van der Waals surface area contributed by atoms with Crippen molar-refractivity contribution in [3.05, 3.63) is 0 Å². The van der Waals surface area contributed by atoms with Gasteiger partial charge in [-0.05, 0) is 31.0 Å². The molecular weight excluding hydrogens is 200 g/mol. The van der Waals surface area contributed by atoms with Crippen LogP contribution in [-0.2, 0) is 4.43 Å². The Kier molecular flexibility index (Phi) is 5.62. The van der Waals surface area contributed by atoms with Crippen molar-refractivity contribution in [2.75, 3.05) is 0 Å². The maximum Gasteiger partial charge on any atom is 0.192 e. The lowest BCUT2D eigenvalue weighted by atomic mass is 10.2. The van der Waals surface area contributed by atoms with E-state index in [-0.39, 0.29) is 5.04 Å². The maximum atomic E-state index is 6.30. The molecule has 0 aliphatic heterocycles. The highest BCUT2D eigenvalue weighted by Gasteiger charge is 2.38. The predicted molar refractivity (Wildman–Crippen MR) is 70.4 cm³/mol. The Morgan fingerprint density at radius 2 is 1.87 bits per heavy atom. The minimum absolute atomic E-state index is 0.288. The smallest absolute Gasteiger partial charge is 0.192 e. The van der Waals surface area contributed by atoms with Crippen molar-refractivity contribution in [2.45, 2.75) is 71.2 Å². The van der Waals surface area contributed by atoms with E-state index in [0.717, 1.165) is 19.3 Å². The second kappa shape index (κ2) is 5.72. The summed E-state index contributed by atoms with van der Waals surface area (Å²) in [5.41, 5.74) is 0. The van der Waals surface area contributed by atoms with E-state index in [1.54, 1.807) is 0 Å². The van der Waals surface area contributed by atoms with Gasteiger partial charge >= 0.3 is 0 Å². The van der Waals surface area contributed by atoms with Crippen LogP contribution in [0.4, 0.5) is 0 Å². The van der Waals surface area contributed by atoms with Gasteiger partial charge in [0, 0.05) is 12.5 Å². The second-order valence-electron chi connectivity index (χ2n) is 5.65. The fourth-order valence-corrected chi connectivity index (χ4v) is 2.66. The Morgan fingerprint density at radius 1 is 1.33 bits per heavy atom. The van der Waals surface area contributed by atoms with Gasteiger partial charge in [-0.3, -0.25) is 0 Å². The van der Waals surface area contributed by atoms with Gasteiger partial charge in [-0.1, -0.05) is 27.7 Å². The van der Waals surface area contributed by atoms with Gasteiger partial charge in [0.1, 0.15) is 0 Å². The molecule has 0 spiro atoms. The summed E-state index contributed by atoms with van der Waals surface area (Å²) in [5.74, 6) is 2.69. The van der Waals surface area contributed by atoms with Gasteiger partial charge in [-0.25, -0.2) is 0 Å². The van der Waals surface area contributed by atoms with Gasteiger partial charge in [-0.15, -0.1) is 12.3 Å². The molecule has 0 fully saturated rings. The first-order valence-electron chi connectivity index (χ1n) is 5.86. The molecule has 0 saturated carbocycles. The zero-order chi connectivity index (χ0) is 12.1. The summed E-state index contributed by atoms with van der Waals surface area (Å²) in [7, 11) is -1.61. The molecule has 0 saturated heterocycles. The van der Waals surface area contributed by atoms with E-state index in [4.69, 9.17) is 10.8 Å². The van der Waals surface area contributed by atoms with Crippen LogP contribution in [0.2, 0.25) is 18.1 Å². The summed E-state index contributed by atoms with van der Waals surface area (Å²) < 4.78 is 6.30. The highest BCUT2D eigenvalue weighted by atomic mass is 28.4. The predicted octanol–water partition coefficient (Wildman–Crippen LogP) is 4.20. The quantitative estimate of drug-likeness (QED) is 0.504. The SMILES string of the molecule is C#CCCC(CC)O[Si](C)(C)C(C)(C)C. The molecule has 0 rings (SSSR count). The van der Waals surface area contributed by atoms with E-state index < -0.39 is 8.32 Å². The maximum absolute atomic E-state index is 6.30. The monoisotopic (exact) mass is 226 g/mol. The first kappa shape index (κ1) is 14.7. The van der Waals surface area contributed by atoms with E-state index in [9.17, 15) is 0 Å². The molecule has 0 aromatic heterocycles. The molecule has 2 heteroatoms. The van der Waals surface area contributed by atoms with Crippen LogP contribution >= 0.6 is 0 Å². The first-order valence-corrected chi connectivity index (χ1v) is 8.76. The lowest BCUT2D eigenvalue weighted by Gasteiger charge is -2.39. The zero-order valence-corrected chi connectivity index (χ0v) is 12.2. The summed E-state index contributed by atoms with van der Waals surface area (Å²) in [6.07, 6.45) is 8.53. The van der Waals surface area contributed by atoms with Crippen molar-refractivity contribution in [3.8, 4) is 12.3 Å². The van der Waals surface area contributed by atoms with Gasteiger partial charge < -0.3 is 4.43 Å². The Bertz CT molecular complexity index is 220. The number of rotatable bonds is 5. The van der Waals surface area contributed by atoms with Crippen molar-refractivity contribution in [1.82, 2.24) is 0 Å². The van der Waals surface area contributed by atoms with Crippen LogP contribution < -0.4 is 0 Å². The highest BCUT2D eigenvalue weighted by Crippen LogP contribution is 2.38. The Labute approximate surface area is 96.7 Å². The van der Waals surface area contributed by atoms with Crippen molar-refractivity contribution in [1.29, 1.82) is 0 Å². The second-order valence-corrected chi connectivity index (χ2v) is 10.4. The molecule has 0 aliphatic carbocycles. The number of hydrogen-bond donors (Lipinski definition) is 0. The minimum atomic E-state index is -1.61. The summed E-state index contributed by atoms with van der Waals surface area (Å²) in [4.78, 5) is 0. The summed E-state index contributed by atoms with van der Waals surface area (Å²) in [6.45, 7) is 13.6. The van der Waals surface area contributed by atoms with Crippen molar-refractivity contribution in [2.24, 2.45) is 0 Å². The van der Waals surface area contributed by atoms with E-state index in [1.165, 1.54) is 0 Å². The van der Waals surface area contributed by atoms with E-state index >= 15 is 0 Å². The third-order valence-corrected chi connectivity index (χ3v) is 7.87. The van der Waals surface area contributed by atoms with Crippen molar-refractivity contribution in [3.63, 3.8) is 0 Å². The molecule has 0 N–H and O–H groups in total. The van der Waals surface area contributed by atoms with Crippen molar-refractivity contribution < 1.29 is 4.43 Å². The lowest BCUT2D eigenvalue weighted by molar-refractivity contribution is 0.168. The van der Waals surface area contributed by atoms with Crippen LogP contribution in [-0.4, -0.2) is 14.4 Å². The van der Waals surface area contributed by atoms with Gasteiger partial charge in [0.05, 0.1) is 0 Å². The molecule has 15 heavy (non-hydrogen) atoms. The highest BCUT2D eigenvalue weighted by molar-refractivity contribution is 6.74. The zero-order valence-electron chi connectivity index (χ0n) is 11.2. The molecule has 0 amide bonds. The van der Waals surface area contributed by atoms with Gasteiger partial charge in [-0.2, -0.15) is 0 Å². The van der Waals surface area contributed by atoms with E-state index in [1.807, 2.05) is 0 Å². The third-order valence-electron chi connectivity index (χ3n) is 3.33. The molecule has 0 radical (unpaired) electrons.